The van der Waals surface area contributed by atoms with Gasteiger partial charge in [0.05, 0.1) is 17.2 Å². The lowest BCUT2D eigenvalue weighted by Crippen LogP contribution is -1.93. The molecule has 0 aliphatic carbocycles. The molecule has 0 radical (unpaired) electrons. The highest BCUT2D eigenvalue weighted by molar-refractivity contribution is 5.83. The van der Waals surface area contributed by atoms with Gasteiger partial charge in [-0.15, -0.1) is 0 Å². The number of aromatic nitrogens is 2. The SMILES string of the molecule is COCc1ccc(C=Nc2nc3ccccc3n2-c2ccccc2)o1. The fourth-order valence-corrected chi connectivity index (χ4v) is 2.74. The maximum absolute atomic E-state index is 5.65. The topological polar surface area (TPSA) is 52.6 Å². The number of hydrogen-bond acceptors (Lipinski definition) is 4. The second kappa shape index (κ2) is 6.75. The third kappa shape index (κ3) is 3.09. The van der Waals surface area contributed by atoms with Crippen molar-refractivity contribution in [2.75, 3.05) is 7.11 Å². The second-order valence-corrected chi connectivity index (χ2v) is 5.57. The van der Waals surface area contributed by atoms with Gasteiger partial charge in [-0.05, 0) is 36.4 Å². The Kier molecular flexibility index (Phi) is 4.14. The molecule has 124 valence electrons. The van der Waals surface area contributed by atoms with E-state index < -0.39 is 0 Å². The van der Waals surface area contributed by atoms with Crippen molar-refractivity contribution in [3.8, 4) is 5.69 Å². The number of rotatable bonds is 5. The minimum Gasteiger partial charge on any atom is -0.458 e. The van der Waals surface area contributed by atoms with Crippen LogP contribution in [0.5, 0.6) is 0 Å². The first-order valence-electron chi connectivity index (χ1n) is 8.00. The van der Waals surface area contributed by atoms with E-state index in [0.29, 0.717) is 18.3 Å². The highest BCUT2D eigenvalue weighted by Crippen LogP contribution is 2.26. The first-order valence-corrected chi connectivity index (χ1v) is 8.00. The number of imidazole rings is 1. The fraction of sp³-hybridized carbons (Fsp3) is 0.100. The molecule has 0 unspecified atom stereocenters. The summed E-state index contributed by atoms with van der Waals surface area (Å²) in [4.78, 5) is 9.20. The van der Waals surface area contributed by atoms with E-state index in [4.69, 9.17) is 9.15 Å². The molecule has 0 atom stereocenters. The van der Waals surface area contributed by atoms with Crippen LogP contribution in [-0.2, 0) is 11.3 Å². The molecule has 4 rings (SSSR count). The quantitative estimate of drug-likeness (QED) is 0.505. The molecule has 4 aromatic rings. The Bertz CT molecular complexity index is 1020. The van der Waals surface area contributed by atoms with Crippen LogP contribution in [0.1, 0.15) is 11.5 Å². The van der Waals surface area contributed by atoms with Crippen LogP contribution in [0.4, 0.5) is 5.95 Å². The first kappa shape index (κ1) is 15.4. The Balaban J connectivity index is 1.77. The molecule has 5 heteroatoms. The average molecular weight is 331 g/mol. The normalized spacial score (nSPS) is 11.6. The third-order valence-electron chi connectivity index (χ3n) is 3.83. The fourth-order valence-electron chi connectivity index (χ4n) is 2.74. The molecule has 0 saturated heterocycles. The third-order valence-corrected chi connectivity index (χ3v) is 3.83. The van der Waals surface area contributed by atoms with Gasteiger partial charge in [-0.1, -0.05) is 30.3 Å². The van der Waals surface area contributed by atoms with Crippen LogP contribution >= 0.6 is 0 Å². The van der Waals surface area contributed by atoms with Crippen LogP contribution in [0.3, 0.4) is 0 Å². The average Bonchev–Trinajstić information content (AvgIpc) is 3.25. The number of nitrogens with zero attached hydrogens (tertiary/aromatic N) is 3. The first-order chi connectivity index (χ1) is 12.3. The smallest absolute Gasteiger partial charge is 0.235 e. The van der Waals surface area contributed by atoms with Crippen LogP contribution in [0, 0.1) is 0 Å². The molecule has 25 heavy (non-hydrogen) atoms. The molecule has 0 aliphatic heterocycles. The summed E-state index contributed by atoms with van der Waals surface area (Å²) in [6.45, 7) is 0.441. The highest BCUT2D eigenvalue weighted by Gasteiger charge is 2.11. The summed E-state index contributed by atoms with van der Waals surface area (Å²) in [6.07, 6.45) is 1.68. The molecule has 0 fully saturated rings. The van der Waals surface area contributed by atoms with Gasteiger partial charge in [0.25, 0.3) is 0 Å². The lowest BCUT2D eigenvalue weighted by atomic mass is 10.3. The van der Waals surface area contributed by atoms with Gasteiger partial charge in [-0.25, -0.2) is 9.98 Å². The summed E-state index contributed by atoms with van der Waals surface area (Å²) >= 11 is 0. The zero-order chi connectivity index (χ0) is 17.1. The molecule has 5 nitrogen and oxygen atoms in total. The molecule has 0 amide bonds. The van der Waals surface area contributed by atoms with Crippen molar-refractivity contribution in [3.63, 3.8) is 0 Å². The van der Waals surface area contributed by atoms with Crippen molar-refractivity contribution in [2.24, 2.45) is 4.99 Å². The number of benzene rings is 2. The lowest BCUT2D eigenvalue weighted by molar-refractivity contribution is 0.164. The van der Waals surface area contributed by atoms with Crippen LogP contribution < -0.4 is 0 Å². The summed E-state index contributed by atoms with van der Waals surface area (Å²) in [5, 5.41) is 0. The van der Waals surface area contributed by atoms with Crippen LogP contribution in [0.25, 0.3) is 16.7 Å². The summed E-state index contributed by atoms with van der Waals surface area (Å²) in [5.41, 5.74) is 2.93. The maximum atomic E-state index is 5.65. The van der Waals surface area contributed by atoms with Crippen molar-refractivity contribution in [3.05, 3.63) is 78.3 Å². The molecule has 2 heterocycles. The van der Waals surface area contributed by atoms with Crippen molar-refractivity contribution in [2.45, 2.75) is 6.61 Å². The largest absolute Gasteiger partial charge is 0.458 e. The Morgan fingerprint density at radius 3 is 2.68 bits per heavy atom. The zero-order valence-electron chi connectivity index (χ0n) is 13.8. The van der Waals surface area contributed by atoms with Gasteiger partial charge in [0, 0.05) is 12.8 Å². The predicted molar refractivity (Wildman–Crippen MR) is 97.7 cm³/mol. The van der Waals surface area contributed by atoms with Gasteiger partial charge in [0.1, 0.15) is 18.1 Å². The number of methoxy groups -OCH3 is 1. The molecule has 0 aliphatic rings. The molecule has 2 aromatic carbocycles. The monoisotopic (exact) mass is 331 g/mol. The van der Waals surface area contributed by atoms with E-state index in [1.807, 2.05) is 71.3 Å². The minimum atomic E-state index is 0.441. The molecule has 0 N–H and O–H groups in total. The van der Waals surface area contributed by atoms with E-state index in [1.165, 1.54) is 0 Å². The molecule has 2 aromatic heterocycles. The van der Waals surface area contributed by atoms with Crippen LogP contribution in [0.2, 0.25) is 0 Å². The van der Waals surface area contributed by atoms with Crippen molar-refractivity contribution in [1.82, 2.24) is 9.55 Å². The van der Waals surface area contributed by atoms with E-state index in [1.54, 1.807) is 13.3 Å². The number of hydrogen-bond donors (Lipinski definition) is 0. The Morgan fingerprint density at radius 2 is 1.84 bits per heavy atom. The summed E-state index contributed by atoms with van der Waals surface area (Å²) < 4.78 is 12.8. The minimum absolute atomic E-state index is 0.441. The number of ether oxygens (including phenoxy) is 1. The van der Waals surface area contributed by atoms with Crippen molar-refractivity contribution < 1.29 is 9.15 Å². The Labute approximate surface area is 145 Å². The van der Waals surface area contributed by atoms with E-state index in [9.17, 15) is 0 Å². The van der Waals surface area contributed by atoms with Gasteiger partial charge < -0.3 is 9.15 Å². The lowest BCUT2D eigenvalue weighted by Gasteiger charge is -2.05. The predicted octanol–water partition coefficient (Wildman–Crippen LogP) is 4.52. The standard InChI is InChI=1S/C20H17N3O2/c1-24-14-17-12-11-16(25-17)13-21-20-22-18-9-5-6-10-19(18)23(20)15-7-3-2-4-8-15/h2-13H,14H2,1H3. The molecular formula is C20H17N3O2. The van der Waals surface area contributed by atoms with E-state index in [2.05, 4.69) is 9.98 Å². The van der Waals surface area contributed by atoms with Crippen molar-refractivity contribution >= 4 is 23.2 Å². The Hall–Kier alpha value is -3.18. The summed E-state index contributed by atoms with van der Waals surface area (Å²) in [7, 11) is 1.64. The van der Waals surface area contributed by atoms with Crippen molar-refractivity contribution in [1.29, 1.82) is 0 Å². The van der Waals surface area contributed by atoms with Gasteiger partial charge >= 0.3 is 0 Å². The maximum Gasteiger partial charge on any atom is 0.235 e. The van der Waals surface area contributed by atoms with Gasteiger partial charge in [0.2, 0.25) is 5.95 Å². The number of fused-ring (bicyclic) bond motifs is 1. The highest BCUT2D eigenvalue weighted by atomic mass is 16.5. The molecule has 0 bridgehead atoms. The number of furan rings is 1. The van der Waals surface area contributed by atoms with Crippen LogP contribution in [0.15, 0.2) is 76.1 Å². The second-order valence-electron chi connectivity index (χ2n) is 5.57. The van der Waals surface area contributed by atoms with Gasteiger partial charge in [-0.2, -0.15) is 0 Å². The number of para-hydroxylation sites is 3. The zero-order valence-corrected chi connectivity index (χ0v) is 13.8. The summed E-state index contributed by atoms with van der Waals surface area (Å²) in [6, 6.07) is 21.8. The van der Waals surface area contributed by atoms with E-state index in [0.717, 1.165) is 22.5 Å². The van der Waals surface area contributed by atoms with Crippen LogP contribution in [-0.4, -0.2) is 22.9 Å². The molecule has 0 spiro atoms. The van der Waals surface area contributed by atoms with E-state index in [-0.39, 0.29) is 0 Å². The van der Waals surface area contributed by atoms with E-state index >= 15 is 0 Å². The Morgan fingerprint density at radius 1 is 1.04 bits per heavy atom. The van der Waals surface area contributed by atoms with Gasteiger partial charge in [0.15, 0.2) is 0 Å². The number of aliphatic imine (C=N–C) groups is 1. The molecule has 0 saturated carbocycles. The molecular weight excluding hydrogens is 314 g/mol. The summed E-state index contributed by atoms with van der Waals surface area (Å²) in [5.74, 6) is 2.04. The van der Waals surface area contributed by atoms with Gasteiger partial charge in [-0.3, -0.25) is 4.57 Å².